The third kappa shape index (κ3) is 10.4. The molecule has 0 aliphatic carbocycles. The molecular weight excluding hydrogens is 564 g/mol. The largest absolute Gasteiger partial charge is 0.508 e. The lowest BCUT2D eigenvalue weighted by Crippen LogP contribution is -2.11. The van der Waals surface area contributed by atoms with Gasteiger partial charge in [0.05, 0.1) is 46.0 Å². The van der Waals surface area contributed by atoms with E-state index in [1.807, 2.05) is 31.2 Å². The van der Waals surface area contributed by atoms with Crippen LogP contribution < -0.4 is 14.2 Å². The molecule has 0 radical (unpaired) electrons. The van der Waals surface area contributed by atoms with Gasteiger partial charge in [-0.25, -0.2) is 0 Å². The first-order valence-electron chi connectivity index (χ1n) is 13.8. The summed E-state index contributed by atoms with van der Waals surface area (Å²) in [5.41, 5.74) is 3.69. The van der Waals surface area contributed by atoms with E-state index >= 15 is 0 Å². The zero-order valence-corrected chi connectivity index (χ0v) is 25.6. The highest BCUT2D eigenvalue weighted by Gasteiger charge is 2.21. The Bertz CT molecular complexity index is 1460. The highest BCUT2D eigenvalue weighted by molar-refractivity contribution is 6.03. The first-order valence-corrected chi connectivity index (χ1v) is 13.8. The third-order valence-corrected chi connectivity index (χ3v) is 6.81. The van der Waals surface area contributed by atoms with E-state index in [9.17, 15) is 14.7 Å². The molecule has 0 saturated heterocycles. The van der Waals surface area contributed by atoms with Gasteiger partial charge in [-0.3, -0.25) is 9.59 Å². The average Bonchev–Trinajstić information content (AvgIpc) is 3.07. The van der Waals surface area contributed by atoms with Crippen LogP contribution in [0.2, 0.25) is 0 Å². The number of aromatic hydroxyl groups is 1. The van der Waals surface area contributed by atoms with Gasteiger partial charge in [0.25, 0.3) is 0 Å². The number of hydrogen-bond acceptors (Lipinski definition) is 8. The maximum Gasteiger partial charge on any atom is 0.310 e. The number of ether oxygens (including phenoxy) is 3. The van der Waals surface area contributed by atoms with Crippen molar-refractivity contribution in [2.75, 3.05) is 21.3 Å². The molecule has 2 atom stereocenters. The SMILES string of the molecule is CC(C(=O)O)c1ccc(CO)cc1.COc1ccc(C(C)C(=O)c2ccc(CO)cc2OC)cc1.COc1cccc(O)c1. The predicted octanol–water partition coefficient (Wildman–Crippen LogP) is 5.95. The van der Waals surface area contributed by atoms with E-state index in [4.69, 9.17) is 29.5 Å². The van der Waals surface area contributed by atoms with Crippen LogP contribution in [0, 0.1) is 0 Å². The summed E-state index contributed by atoms with van der Waals surface area (Å²) in [6.07, 6.45) is 0. The van der Waals surface area contributed by atoms with Gasteiger partial charge in [-0.2, -0.15) is 0 Å². The fourth-order valence-corrected chi connectivity index (χ4v) is 3.98. The number of carbonyl (C=O) groups excluding carboxylic acids is 1. The predicted molar refractivity (Wildman–Crippen MR) is 168 cm³/mol. The van der Waals surface area contributed by atoms with Crippen LogP contribution in [0.5, 0.6) is 23.0 Å². The first kappa shape index (κ1) is 35.3. The number of phenolic OH excluding ortho intramolecular Hbond substituents is 1. The lowest BCUT2D eigenvalue weighted by atomic mass is 9.91. The second-order valence-electron chi connectivity index (χ2n) is 9.71. The van der Waals surface area contributed by atoms with Crippen LogP contribution in [-0.4, -0.2) is 53.5 Å². The summed E-state index contributed by atoms with van der Waals surface area (Å²) in [4.78, 5) is 23.3. The molecule has 4 aromatic rings. The van der Waals surface area contributed by atoms with Crippen molar-refractivity contribution < 1.29 is 44.2 Å². The highest BCUT2D eigenvalue weighted by atomic mass is 16.5. The van der Waals surface area contributed by atoms with Crippen molar-refractivity contribution in [2.45, 2.75) is 38.9 Å². The van der Waals surface area contributed by atoms with Crippen LogP contribution in [0.4, 0.5) is 0 Å². The van der Waals surface area contributed by atoms with Gasteiger partial charge in [-0.1, -0.05) is 55.5 Å². The minimum atomic E-state index is -0.836. The summed E-state index contributed by atoms with van der Waals surface area (Å²) in [7, 11) is 4.69. The molecule has 234 valence electrons. The molecule has 0 aromatic heterocycles. The van der Waals surface area contributed by atoms with Gasteiger partial charge in [0.2, 0.25) is 0 Å². The number of carboxylic acids is 1. The van der Waals surface area contributed by atoms with Gasteiger partial charge in [0.1, 0.15) is 23.0 Å². The van der Waals surface area contributed by atoms with E-state index in [2.05, 4.69) is 0 Å². The number of methoxy groups -OCH3 is 3. The summed E-state index contributed by atoms with van der Waals surface area (Å²) in [5, 5.41) is 35.5. The molecule has 0 heterocycles. The molecule has 9 heteroatoms. The van der Waals surface area contributed by atoms with Gasteiger partial charge in [-0.05, 0) is 65.6 Å². The number of benzene rings is 4. The summed E-state index contributed by atoms with van der Waals surface area (Å²) < 4.78 is 15.2. The number of hydrogen-bond donors (Lipinski definition) is 4. The number of Topliss-reactive ketones (excluding diaryl/α,β-unsaturated/α-hetero) is 1. The second kappa shape index (κ2) is 17.9. The van der Waals surface area contributed by atoms with Gasteiger partial charge in [0, 0.05) is 12.0 Å². The Morgan fingerprint density at radius 2 is 1.20 bits per heavy atom. The molecule has 4 aromatic carbocycles. The quantitative estimate of drug-likeness (QED) is 0.162. The summed E-state index contributed by atoms with van der Waals surface area (Å²) in [6.45, 7) is 3.40. The van der Waals surface area contributed by atoms with Crippen LogP contribution >= 0.6 is 0 Å². The molecule has 44 heavy (non-hydrogen) atoms. The Hall–Kier alpha value is -4.86. The van der Waals surface area contributed by atoms with Gasteiger partial charge in [-0.15, -0.1) is 0 Å². The van der Waals surface area contributed by atoms with E-state index in [0.29, 0.717) is 22.6 Å². The van der Waals surface area contributed by atoms with Crippen LogP contribution in [-0.2, 0) is 18.0 Å². The minimum absolute atomic E-state index is 0.0122. The number of aliphatic hydroxyl groups excluding tert-OH is 2. The number of carbonyl (C=O) groups is 2. The zero-order valence-electron chi connectivity index (χ0n) is 25.6. The topological polar surface area (TPSA) is 143 Å². The number of rotatable bonds is 10. The Labute approximate surface area is 257 Å². The van der Waals surface area contributed by atoms with Gasteiger partial charge < -0.3 is 34.6 Å². The molecule has 9 nitrogen and oxygen atoms in total. The molecule has 2 unspecified atom stereocenters. The van der Waals surface area contributed by atoms with E-state index in [0.717, 1.165) is 22.4 Å². The van der Waals surface area contributed by atoms with Crippen LogP contribution in [0.25, 0.3) is 0 Å². The highest BCUT2D eigenvalue weighted by Crippen LogP contribution is 2.28. The number of aliphatic carboxylic acids is 1. The monoisotopic (exact) mass is 604 g/mol. The third-order valence-electron chi connectivity index (χ3n) is 6.81. The van der Waals surface area contributed by atoms with Crippen LogP contribution in [0.3, 0.4) is 0 Å². The van der Waals surface area contributed by atoms with Crippen LogP contribution in [0.1, 0.15) is 58.3 Å². The summed E-state index contributed by atoms with van der Waals surface area (Å²) in [6, 6.07) is 26.1. The lowest BCUT2D eigenvalue weighted by Gasteiger charge is -2.14. The van der Waals surface area contributed by atoms with Crippen molar-refractivity contribution in [3.63, 3.8) is 0 Å². The molecule has 0 fully saturated rings. The molecule has 4 N–H and O–H groups in total. The Morgan fingerprint density at radius 3 is 1.68 bits per heavy atom. The molecule has 0 spiro atoms. The maximum absolute atomic E-state index is 12.7. The molecule has 0 amide bonds. The maximum atomic E-state index is 12.7. The summed E-state index contributed by atoms with van der Waals surface area (Å²) in [5.74, 6) is 0.505. The van der Waals surface area contributed by atoms with Crippen molar-refractivity contribution in [2.24, 2.45) is 0 Å². The normalized spacial score (nSPS) is 11.4. The Morgan fingerprint density at radius 1 is 0.659 bits per heavy atom. The van der Waals surface area contributed by atoms with E-state index in [1.54, 1.807) is 87.9 Å². The van der Waals surface area contributed by atoms with Gasteiger partial charge >= 0.3 is 5.97 Å². The molecule has 0 bridgehead atoms. The number of carboxylic acid groups (broad SMARTS) is 1. The molecule has 4 rings (SSSR count). The van der Waals surface area contributed by atoms with Crippen LogP contribution in [0.15, 0.2) is 91.0 Å². The van der Waals surface area contributed by atoms with Crippen molar-refractivity contribution in [1.29, 1.82) is 0 Å². The fourth-order valence-electron chi connectivity index (χ4n) is 3.98. The van der Waals surface area contributed by atoms with Gasteiger partial charge in [0.15, 0.2) is 5.78 Å². The summed E-state index contributed by atoms with van der Waals surface area (Å²) >= 11 is 0. The lowest BCUT2D eigenvalue weighted by molar-refractivity contribution is -0.138. The number of ketones is 1. The smallest absolute Gasteiger partial charge is 0.310 e. The zero-order chi connectivity index (χ0) is 32.6. The number of aliphatic hydroxyl groups is 2. The van der Waals surface area contributed by atoms with Crippen molar-refractivity contribution in [3.8, 4) is 23.0 Å². The Balaban J connectivity index is 0.000000258. The van der Waals surface area contributed by atoms with E-state index in [-0.39, 0.29) is 30.7 Å². The van der Waals surface area contributed by atoms with Crippen molar-refractivity contribution >= 4 is 11.8 Å². The Kier molecular flexibility index (Phi) is 14.4. The van der Waals surface area contributed by atoms with Crippen molar-refractivity contribution in [3.05, 3.63) is 119 Å². The average molecular weight is 605 g/mol. The second-order valence-corrected chi connectivity index (χ2v) is 9.71. The minimum Gasteiger partial charge on any atom is -0.508 e. The molecule has 0 aliphatic heterocycles. The van der Waals surface area contributed by atoms with Crippen molar-refractivity contribution in [1.82, 2.24) is 0 Å². The van der Waals surface area contributed by atoms with E-state index in [1.165, 1.54) is 7.11 Å². The molecule has 0 aliphatic rings. The number of phenols is 1. The fraction of sp³-hybridized carbons (Fsp3) is 0.257. The molecule has 0 saturated carbocycles. The first-order chi connectivity index (χ1) is 21.1. The standard InChI is InChI=1S/C18H20O4.C10H12O3.C7H8O2/c1-12(14-5-7-15(21-2)8-6-14)18(20)16-9-4-13(11-19)10-17(16)22-3;1-7(10(12)13)9-4-2-8(6-11)3-5-9;1-9-7-4-2-3-6(8)5-7/h4-10,12,19H,11H2,1-3H3;2-5,7,11H,6H2,1H3,(H,12,13);2-5,8H,1H3. The van der Waals surface area contributed by atoms with E-state index < -0.39 is 11.9 Å². The molecular formula is C35H40O9.